The van der Waals surface area contributed by atoms with Crippen molar-refractivity contribution in [2.24, 2.45) is 5.41 Å². The third-order valence-electron chi connectivity index (χ3n) is 6.27. The largest absolute Gasteiger partial charge is 0.497 e. The predicted octanol–water partition coefficient (Wildman–Crippen LogP) is 4.88. The van der Waals surface area contributed by atoms with Crippen molar-refractivity contribution in [3.8, 4) is 17.2 Å². The maximum atomic E-state index is 13.6. The predicted molar refractivity (Wildman–Crippen MR) is 122 cm³/mol. The van der Waals surface area contributed by atoms with Crippen molar-refractivity contribution < 1.29 is 23.8 Å². The quantitative estimate of drug-likeness (QED) is 0.670. The second-order valence-corrected chi connectivity index (χ2v) is 9.10. The smallest absolute Gasteiger partial charge is 0.232 e. The van der Waals surface area contributed by atoms with Gasteiger partial charge in [0.05, 0.1) is 27.0 Å². The van der Waals surface area contributed by atoms with Gasteiger partial charge in [-0.05, 0) is 41.7 Å². The van der Waals surface area contributed by atoms with Gasteiger partial charge in [-0.2, -0.15) is 0 Å². The highest BCUT2D eigenvalue weighted by molar-refractivity contribution is 6.08. The van der Waals surface area contributed by atoms with Gasteiger partial charge in [0.25, 0.3) is 0 Å². The molecule has 2 aromatic carbocycles. The van der Waals surface area contributed by atoms with Crippen LogP contribution in [-0.2, 0) is 9.59 Å². The lowest BCUT2D eigenvalue weighted by molar-refractivity contribution is -0.121. The maximum absolute atomic E-state index is 13.6. The molecule has 0 aromatic heterocycles. The van der Waals surface area contributed by atoms with E-state index >= 15 is 0 Å². The monoisotopic (exact) mass is 435 g/mol. The van der Waals surface area contributed by atoms with Crippen LogP contribution in [0.1, 0.15) is 44.6 Å². The molecule has 0 N–H and O–H groups in total. The van der Waals surface area contributed by atoms with Crippen LogP contribution in [0.15, 0.2) is 53.7 Å². The summed E-state index contributed by atoms with van der Waals surface area (Å²) >= 11 is 0. The summed E-state index contributed by atoms with van der Waals surface area (Å²) in [6, 6.07) is 13.0. The summed E-state index contributed by atoms with van der Waals surface area (Å²) in [6.07, 6.45) is 1.25. The fourth-order valence-electron chi connectivity index (χ4n) is 4.81. The number of allylic oxidation sites excluding steroid dienone is 2. The minimum atomic E-state index is -0.302. The normalized spacial score (nSPS) is 20.2. The Morgan fingerprint density at radius 1 is 0.906 bits per heavy atom. The number of anilines is 1. The molecule has 0 saturated carbocycles. The second-order valence-electron chi connectivity index (χ2n) is 9.10. The summed E-state index contributed by atoms with van der Waals surface area (Å²) in [5.41, 5.74) is 2.72. The molecule has 1 heterocycles. The molecule has 4 rings (SSSR count). The Bertz CT molecular complexity index is 1100. The zero-order valence-electron chi connectivity index (χ0n) is 19.2. The fourth-order valence-corrected chi connectivity index (χ4v) is 4.81. The van der Waals surface area contributed by atoms with Gasteiger partial charge in [-0.15, -0.1) is 0 Å². The van der Waals surface area contributed by atoms with Gasteiger partial charge in [0, 0.05) is 36.1 Å². The number of hydrogen-bond acceptors (Lipinski definition) is 5. The minimum Gasteiger partial charge on any atom is -0.497 e. The van der Waals surface area contributed by atoms with Crippen LogP contribution < -0.4 is 19.1 Å². The molecule has 168 valence electrons. The van der Waals surface area contributed by atoms with Crippen LogP contribution in [0, 0.1) is 5.41 Å². The van der Waals surface area contributed by atoms with Gasteiger partial charge in [0.2, 0.25) is 5.91 Å². The summed E-state index contributed by atoms with van der Waals surface area (Å²) in [5, 5.41) is 0. The molecule has 1 unspecified atom stereocenters. The SMILES string of the molecule is COc1cccc(C2CC(=O)N(c3cc(OC)ccc3OC)C3=C2C(=O)CC(C)(C)C3)c1. The van der Waals surface area contributed by atoms with Crippen LogP contribution in [0.2, 0.25) is 0 Å². The van der Waals surface area contributed by atoms with E-state index in [1.165, 1.54) is 0 Å². The molecule has 1 atom stereocenters. The van der Waals surface area contributed by atoms with Crippen LogP contribution in [-0.4, -0.2) is 33.0 Å². The van der Waals surface area contributed by atoms with Crippen molar-refractivity contribution in [3.05, 3.63) is 59.3 Å². The van der Waals surface area contributed by atoms with Gasteiger partial charge in [-0.25, -0.2) is 0 Å². The van der Waals surface area contributed by atoms with E-state index in [4.69, 9.17) is 14.2 Å². The summed E-state index contributed by atoms with van der Waals surface area (Å²) in [7, 11) is 4.77. The van der Waals surface area contributed by atoms with E-state index < -0.39 is 0 Å². The van der Waals surface area contributed by atoms with Crippen molar-refractivity contribution in [2.45, 2.75) is 39.0 Å². The van der Waals surface area contributed by atoms with Crippen LogP contribution in [0.3, 0.4) is 0 Å². The third-order valence-corrected chi connectivity index (χ3v) is 6.27. The highest BCUT2D eigenvalue weighted by atomic mass is 16.5. The molecular formula is C26H29NO5. The van der Waals surface area contributed by atoms with Crippen LogP contribution in [0.25, 0.3) is 0 Å². The Hall–Kier alpha value is -3.28. The van der Waals surface area contributed by atoms with Gasteiger partial charge >= 0.3 is 0 Å². The average Bonchev–Trinajstić information content (AvgIpc) is 2.77. The Labute approximate surface area is 188 Å². The van der Waals surface area contributed by atoms with Crippen LogP contribution >= 0.6 is 0 Å². The lowest BCUT2D eigenvalue weighted by Gasteiger charge is -2.43. The van der Waals surface area contributed by atoms with Gasteiger partial charge in [-0.3, -0.25) is 14.5 Å². The lowest BCUT2D eigenvalue weighted by Crippen LogP contribution is -2.43. The third kappa shape index (κ3) is 3.85. The first-order valence-corrected chi connectivity index (χ1v) is 10.7. The van der Waals surface area contributed by atoms with Crippen molar-refractivity contribution in [3.63, 3.8) is 0 Å². The van der Waals surface area contributed by atoms with E-state index in [2.05, 4.69) is 13.8 Å². The molecule has 0 saturated heterocycles. The van der Waals surface area contributed by atoms with E-state index in [0.717, 1.165) is 11.3 Å². The molecule has 0 radical (unpaired) electrons. The van der Waals surface area contributed by atoms with Gasteiger partial charge in [0.1, 0.15) is 17.2 Å². The Morgan fingerprint density at radius 3 is 2.31 bits per heavy atom. The number of benzene rings is 2. The summed E-state index contributed by atoms with van der Waals surface area (Å²) in [5.74, 6) is 1.59. The van der Waals surface area contributed by atoms with E-state index in [1.807, 2.05) is 24.3 Å². The van der Waals surface area contributed by atoms with E-state index in [9.17, 15) is 9.59 Å². The molecule has 1 amide bonds. The first kappa shape index (κ1) is 21.9. The van der Waals surface area contributed by atoms with Crippen molar-refractivity contribution in [2.75, 3.05) is 26.2 Å². The van der Waals surface area contributed by atoms with Gasteiger partial charge < -0.3 is 14.2 Å². The number of carbonyl (C=O) groups excluding carboxylic acids is 2. The molecule has 1 aliphatic heterocycles. The number of carbonyl (C=O) groups is 2. The minimum absolute atomic E-state index is 0.0753. The van der Waals surface area contributed by atoms with Gasteiger partial charge in [0.15, 0.2) is 5.78 Å². The molecular weight excluding hydrogens is 406 g/mol. The Morgan fingerprint density at radius 2 is 1.62 bits per heavy atom. The zero-order chi connectivity index (χ0) is 23.0. The first-order chi connectivity index (χ1) is 15.3. The Kier molecular flexibility index (Phi) is 5.71. The number of amides is 1. The number of ether oxygens (including phenoxy) is 3. The molecule has 6 heteroatoms. The number of nitrogens with zero attached hydrogens (tertiary/aromatic N) is 1. The summed E-state index contributed by atoms with van der Waals surface area (Å²) < 4.78 is 16.4. The summed E-state index contributed by atoms with van der Waals surface area (Å²) in [4.78, 5) is 28.8. The number of methoxy groups -OCH3 is 3. The molecule has 6 nitrogen and oxygen atoms in total. The van der Waals surface area contributed by atoms with Crippen molar-refractivity contribution in [1.29, 1.82) is 0 Å². The average molecular weight is 436 g/mol. The van der Waals surface area contributed by atoms with Crippen molar-refractivity contribution in [1.82, 2.24) is 0 Å². The molecule has 0 fully saturated rings. The molecule has 0 bridgehead atoms. The van der Waals surface area contributed by atoms with E-state index in [1.54, 1.807) is 44.4 Å². The number of ketones is 1. The van der Waals surface area contributed by atoms with Gasteiger partial charge in [-0.1, -0.05) is 26.0 Å². The molecule has 1 aliphatic carbocycles. The number of hydrogen-bond donors (Lipinski definition) is 0. The maximum Gasteiger partial charge on any atom is 0.232 e. The number of Topliss-reactive ketones (excluding diaryl/α,β-unsaturated/α-hetero) is 1. The topological polar surface area (TPSA) is 65.1 Å². The molecule has 2 aliphatic rings. The van der Waals surface area contributed by atoms with E-state index in [-0.39, 0.29) is 29.4 Å². The molecule has 2 aromatic rings. The van der Waals surface area contributed by atoms with Crippen molar-refractivity contribution >= 4 is 17.4 Å². The van der Waals surface area contributed by atoms with Crippen LogP contribution in [0.5, 0.6) is 17.2 Å². The lowest BCUT2D eigenvalue weighted by atomic mass is 9.69. The van der Waals surface area contributed by atoms with Crippen LogP contribution in [0.4, 0.5) is 5.69 Å². The first-order valence-electron chi connectivity index (χ1n) is 10.7. The molecule has 32 heavy (non-hydrogen) atoms. The summed E-state index contributed by atoms with van der Waals surface area (Å²) in [6.45, 7) is 4.13. The number of rotatable bonds is 5. The zero-order valence-corrected chi connectivity index (χ0v) is 19.2. The van der Waals surface area contributed by atoms with E-state index in [0.29, 0.717) is 41.4 Å². The highest BCUT2D eigenvalue weighted by Gasteiger charge is 2.45. The standard InChI is InChI=1S/C26H29NO5/c1-26(2)14-21-25(22(28)15-26)19(16-7-6-8-17(11-16)30-3)13-24(29)27(21)20-12-18(31-4)9-10-23(20)32-5/h6-12,19H,13-15H2,1-5H3. The fraction of sp³-hybridized carbons (Fsp3) is 0.385. The molecule has 0 spiro atoms. The Balaban J connectivity index is 1.93. The second kappa shape index (κ2) is 8.34. The highest BCUT2D eigenvalue weighted by Crippen LogP contribution is 2.50.